The second-order valence-electron chi connectivity index (χ2n) is 7.16. The Morgan fingerprint density at radius 3 is 2.64 bits per heavy atom. The number of thioether (sulfide) groups is 1. The summed E-state index contributed by atoms with van der Waals surface area (Å²) >= 11 is 1.47. The van der Waals surface area contributed by atoms with Crippen LogP contribution in [-0.2, 0) is 0 Å². The molecule has 2 aromatic carbocycles. The van der Waals surface area contributed by atoms with Gasteiger partial charge in [-0.3, -0.25) is 9.36 Å². The van der Waals surface area contributed by atoms with E-state index in [1.54, 1.807) is 0 Å². The van der Waals surface area contributed by atoms with E-state index in [2.05, 4.69) is 31.9 Å². The van der Waals surface area contributed by atoms with Gasteiger partial charge >= 0.3 is 0 Å². The monoisotopic (exact) mass is 388 g/mol. The van der Waals surface area contributed by atoms with Crippen molar-refractivity contribution in [1.82, 2.24) is 19.7 Å². The second kappa shape index (κ2) is 6.95. The van der Waals surface area contributed by atoms with Crippen LogP contribution < -0.4 is 0 Å². The van der Waals surface area contributed by atoms with E-state index < -0.39 is 0 Å². The van der Waals surface area contributed by atoms with Crippen LogP contribution in [0.2, 0.25) is 0 Å². The third-order valence-corrected chi connectivity index (χ3v) is 6.16. The summed E-state index contributed by atoms with van der Waals surface area (Å²) in [5.41, 5.74) is 2.75. The Bertz CT molecular complexity index is 1140. The average Bonchev–Trinajstić information content (AvgIpc) is 3.35. The van der Waals surface area contributed by atoms with Gasteiger partial charge in [0.2, 0.25) is 0 Å². The van der Waals surface area contributed by atoms with Gasteiger partial charge in [-0.05, 0) is 38.0 Å². The van der Waals surface area contributed by atoms with E-state index >= 15 is 0 Å². The van der Waals surface area contributed by atoms with Gasteiger partial charge in [-0.15, -0.1) is 10.2 Å². The first-order valence-corrected chi connectivity index (χ1v) is 10.4. The van der Waals surface area contributed by atoms with E-state index in [1.807, 2.05) is 55.6 Å². The van der Waals surface area contributed by atoms with Crippen molar-refractivity contribution < 1.29 is 4.79 Å². The number of benzene rings is 2. The van der Waals surface area contributed by atoms with Crippen LogP contribution in [0.25, 0.3) is 16.6 Å². The molecule has 2 heterocycles. The lowest BCUT2D eigenvalue weighted by atomic mass is 10.1. The molecule has 5 nitrogen and oxygen atoms in total. The van der Waals surface area contributed by atoms with Crippen molar-refractivity contribution in [2.24, 2.45) is 0 Å². The summed E-state index contributed by atoms with van der Waals surface area (Å²) in [6.45, 7) is 1.94. The Morgan fingerprint density at radius 2 is 1.86 bits per heavy atom. The van der Waals surface area contributed by atoms with E-state index in [0.717, 1.165) is 46.0 Å². The maximum Gasteiger partial charge on any atom is 0.196 e. The largest absolute Gasteiger partial charge is 0.360 e. The van der Waals surface area contributed by atoms with Gasteiger partial charge < -0.3 is 4.98 Å². The second-order valence-corrected chi connectivity index (χ2v) is 8.47. The fourth-order valence-electron chi connectivity index (χ4n) is 3.49. The highest BCUT2D eigenvalue weighted by Crippen LogP contribution is 2.41. The Labute approximate surface area is 167 Å². The molecular formula is C22H20N4OS. The summed E-state index contributed by atoms with van der Waals surface area (Å²) in [6.07, 6.45) is 4.11. The van der Waals surface area contributed by atoms with E-state index in [0.29, 0.717) is 5.92 Å². The molecule has 1 atom stereocenters. The molecule has 1 unspecified atom stereocenters. The number of rotatable bonds is 6. The number of nitrogens with zero attached hydrogens (tertiary/aromatic N) is 3. The highest BCUT2D eigenvalue weighted by Gasteiger charge is 2.32. The summed E-state index contributed by atoms with van der Waals surface area (Å²) in [5, 5.41) is 10.4. The maximum atomic E-state index is 13.1. The predicted octanol–water partition coefficient (Wildman–Crippen LogP) is 4.99. The average molecular weight is 388 g/mol. The Kier molecular flexibility index (Phi) is 4.28. The summed E-state index contributed by atoms with van der Waals surface area (Å²) < 4.78 is 2.11. The van der Waals surface area contributed by atoms with Gasteiger partial charge in [0.1, 0.15) is 5.82 Å². The molecule has 0 radical (unpaired) electrons. The minimum Gasteiger partial charge on any atom is -0.360 e. The van der Waals surface area contributed by atoms with Crippen molar-refractivity contribution in [2.45, 2.75) is 36.1 Å². The number of carbonyl (C=O) groups excluding carboxylic acids is 1. The van der Waals surface area contributed by atoms with Crippen LogP contribution in [0.4, 0.5) is 0 Å². The zero-order valence-electron chi connectivity index (χ0n) is 15.5. The van der Waals surface area contributed by atoms with Crippen LogP contribution in [0.1, 0.15) is 41.9 Å². The third kappa shape index (κ3) is 3.03. The number of carbonyl (C=O) groups is 1. The molecule has 1 N–H and O–H groups in total. The van der Waals surface area contributed by atoms with Gasteiger partial charge in [0.15, 0.2) is 10.9 Å². The first-order valence-electron chi connectivity index (χ1n) is 9.50. The predicted molar refractivity (Wildman–Crippen MR) is 111 cm³/mol. The summed E-state index contributed by atoms with van der Waals surface area (Å²) in [5.74, 6) is 1.57. The third-order valence-electron chi connectivity index (χ3n) is 5.12. The smallest absolute Gasteiger partial charge is 0.196 e. The summed E-state index contributed by atoms with van der Waals surface area (Å²) in [4.78, 5) is 16.3. The minimum atomic E-state index is -0.266. The van der Waals surface area contributed by atoms with Crippen LogP contribution >= 0.6 is 11.8 Å². The maximum absolute atomic E-state index is 13.1. The molecule has 1 aliphatic carbocycles. The molecule has 1 fully saturated rings. The highest BCUT2D eigenvalue weighted by atomic mass is 32.2. The topological polar surface area (TPSA) is 63.6 Å². The number of hydrogen-bond acceptors (Lipinski definition) is 4. The zero-order valence-corrected chi connectivity index (χ0v) is 16.3. The normalized spacial score (nSPS) is 15.0. The minimum absolute atomic E-state index is 0.0954. The number of para-hydroxylation sites is 2. The van der Waals surface area contributed by atoms with Crippen LogP contribution in [0, 0.1) is 0 Å². The lowest BCUT2D eigenvalue weighted by Gasteiger charge is -2.12. The molecule has 1 aliphatic rings. The standard InChI is InChI=1S/C22H20N4OS/c1-14(20(27)18-13-23-19-10-6-5-9-17(18)19)28-22-25-24-21(15-11-12-15)26(22)16-7-3-2-4-8-16/h2-10,13-15,23H,11-12H2,1H3. The molecule has 0 bridgehead atoms. The van der Waals surface area contributed by atoms with Crippen molar-refractivity contribution in [3.63, 3.8) is 0 Å². The van der Waals surface area contributed by atoms with Crippen molar-refractivity contribution in [2.75, 3.05) is 0 Å². The number of Topliss-reactive ketones (excluding diaryl/α,β-unsaturated/α-hetero) is 1. The van der Waals surface area contributed by atoms with Gasteiger partial charge in [0.25, 0.3) is 0 Å². The Morgan fingerprint density at radius 1 is 1.11 bits per heavy atom. The number of hydrogen-bond donors (Lipinski definition) is 1. The molecule has 1 saturated carbocycles. The number of aromatic nitrogens is 4. The number of H-pyrrole nitrogens is 1. The molecule has 0 aliphatic heterocycles. The molecule has 140 valence electrons. The van der Waals surface area contributed by atoms with Crippen molar-refractivity contribution in [3.8, 4) is 5.69 Å². The van der Waals surface area contributed by atoms with E-state index in [1.165, 1.54) is 11.8 Å². The van der Waals surface area contributed by atoms with Crippen LogP contribution in [0.15, 0.2) is 66.0 Å². The highest BCUT2D eigenvalue weighted by molar-refractivity contribution is 8.00. The number of nitrogens with one attached hydrogen (secondary N) is 1. The van der Waals surface area contributed by atoms with Crippen LogP contribution in [0.5, 0.6) is 0 Å². The van der Waals surface area contributed by atoms with Crippen LogP contribution in [0.3, 0.4) is 0 Å². The number of ketones is 1. The Balaban J connectivity index is 1.47. The summed E-state index contributed by atoms with van der Waals surface area (Å²) in [6, 6.07) is 18.0. The molecule has 0 spiro atoms. The summed E-state index contributed by atoms with van der Waals surface area (Å²) in [7, 11) is 0. The quantitative estimate of drug-likeness (QED) is 0.373. The molecule has 0 amide bonds. The van der Waals surface area contributed by atoms with Crippen molar-refractivity contribution in [1.29, 1.82) is 0 Å². The number of fused-ring (bicyclic) bond motifs is 1. The van der Waals surface area contributed by atoms with Gasteiger partial charge in [0, 0.05) is 34.3 Å². The van der Waals surface area contributed by atoms with Crippen molar-refractivity contribution in [3.05, 3.63) is 72.2 Å². The van der Waals surface area contributed by atoms with Crippen molar-refractivity contribution >= 4 is 28.4 Å². The van der Waals surface area contributed by atoms with E-state index in [4.69, 9.17) is 0 Å². The molecular weight excluding hydrogens is 368 g/mol. The van der Waals surface area contributed by atoms with E-state index in [9.17, 15) is 4.79 Å². The first-order chi connectivity index (χ1) is 13.7. The molecule has 0 saturated heterocycles. The first kappa shape index (κ1) is 17.3. The molecule has 28 heavy (non-hydrogen) atoms. The van der Waals surface area contributed by atoms with Gasteiger partial charge in [-0.2, -0.15) is 0 Å². The van der Waals surface area contributed by atoms with E-state index in [-0.39, 0.29) is 11.0 Å². The Hall–Kier alpha value is -2.86. The zero-order chi connectivity index (χ0) is 19.1. The lowest BCUT2D eigenvalue weighted by molar-refractivity contribution is 0.0995. The van der Waals surface area contributed by atoms with Gasteiger partial charge in [0.05, 0.1) is 5.25 Å². The fraction of sp³-hybridized carbons (Fsp3) is 0.227. The molecule has 5 rings (SSSR count). The molecule has 6 heteroatoms. The fourth-order valence-corrected chi connectivity index (χ4v) is 4.43. The number of aromatic amines is 1. The van der Waals surface area contributed by atoms with Crippen LogP contribution in [-0.4, -0.2) is 30.8 Å². The van der Waals surface area contributed by atoms with Gasteiger partial charge in [-0.25, -0.2) is 0 Å². The molecule has 2 aromatic heterocycles. The van der Waals surface area contributed by atoms with Gasteiger partial charge in [-0.1, -0.05) is 48.2 Å². The molecule has 4 aromatic rings. The SMILES string of the molecule is CC(Sc1nnc(C2CC2)n1-c1ccccc1)C(=O)c1c[nH]c2ccccc12. The lowest BCUT2D eigenvalue weighted by Crippen LogP contribution is -2.14.